The van der Waals surface area contributed by atoms with Gasteiger partial charge < -0.3 is 14.8 Å². The van der Waals surface area contributed by atoms with E-state index in [1.807, 2.05) is 12.3 Å². The number of aromatic nitrogens is 1. The van der Waals surface area contributed by atoms with E-state index >= 15 is 0 Å². The molecule has 0 spiro atoms. The summed E-state index contributed by atoms with van der Waals surface area (Å²) in [5, 5.41) is 5.87. The Labute approximate surface area is 169 Å². The highest BCUT2D eigenvalue weighted by molar-refractivity contribution is 7.09. The van der Waals surface area contributed by atoms with Gasteiger partial charge in [-0.1, -0.05) is 31.9 Å². The minimum Gasteiger partial charge on any atom is -0.486 e. The normalized spacial score (nSPS) is 19.1. The van der Waals surface area contributed by atoms with Gasteiger partial charge in [-0.05, 0) is 37.8 Å². The molecule has 1 heterocycles. The van der Waals surface area contributed by atoms with Crippen LogP contribution in [0.4, 0.5) is 0 Å². The third-order valence-electron chi connectivity index (χ3n) is 4.94. The Morgan fingerprint density at radius 3 is 2.79 bits per heavy atom. The van der Waals surface area contributed by atoms with Gasteiger partial charge in [0.05, 0.1) is 10.7 Å². The molecule has 0 saturated heterocycles. The lowest BCUT2D eigenvalue weighted by Gasteiger charge is -2.29. The van der Waals surface area contributed by atoms with Gasteiger partial charge in [-0.3, -0.25) is 4.79 Å². The number of hydrogen-bond acceptors (Lipinski definition) is 6. The molecule has 3 rings (SSSR count). The van der Waals surface area contributed by atoms with Crippen LogP contribution in [-0.4, -0.2) is 29.5 Å². The quantitative estimate of drug-likeness (QED) is 0.711. The van der Waals surface area contributed by atoms with Crippen LogP contribution in [0.15, 0.2) is 29.6 Å². The second-order valence-corrected chi connectivity index (χ2v) is 8.22. The first-order valence-electron chi connectivity index (χ1n) is 9.62. The summed E-state index contributed by atoms with van der Waals surface area (Å²) in [6, 6.07) is 7.03. The van der Waals surface area contributed by atoms with Crippen molar-refractivity contribution in [2.45, 2.75) is 52.2 Å². The van der Waals surface area contributed by atoms with Crippen LogP contribution in [0.1, 0.15) is 53.7 Å². The lowest BCUT2D eigenvalue weighted by Crippen LogP contribution is -2.42. The molecule has 28 heavy (non-hydrogen) atoms. The van der Waals surface area contributed by atoms with Gasteiger partial charge in [-0.25, -0.2) is 9.78 Å². The van der Waals surface area contributed by atoms with Crippen LogP contribution < -0.4 is 10.1 Å². The van der Waals surface area contributed by atoms with E-state index in [9.17, 15) is 9.59 Å². The van der Waals surface area contributed by atoms with Crippen LogP contribution in [0.5, 0.6) is 5.75 Å². The number of carbonyl (C=O) groups is 2. The number of nitrogens with zero attached hydrogens (tertiary/aromatic N) is 1. The smallest absolute Gasteiger partial charge is 0.342 e. The third kappa shape index (κ3) is 5.55. The summed E-state index contributed by atoms with van der Waals surface area (Å²) in [4.78, 5) is 29.0. The van der Waals surface area contributed by atoms with E-state index in [1.165, 1.54) is 6.42 Å². The number of aryl methyl sites for hydroxylation is 1. The average molecular weight is 403 g/mol. The number of carbonyl (C=O) groups excluding carboxylic acids is 2. The fourth-order valence-electron chi connectivity index (χ4n) is 3.38. The maximum Gasteiger partial charge on any atom is 0.342 e. The van der Waals surface area contributed by atoms with Crippen molar-refractivity contribution < 1.29 is 19.1 Å². The van der Waals surface area contributed by atoms with Gasteiger partial charge in [0.25, 0.3) is 5.91 Å². The molecule has 150 valence electrons. The first-order valence-corrected chi connectivity index (χ1v) is 10.5. The van der Waals surface area contributed by atoms with Crippen LogP contribution in [-0.2, 0) is 16.1 Å². The number of ether oxygens (including phenoxy) is 2. The molecule has 1 amide bonds. The largest absolute Gasteiger partial charge is 0.486 e. The summed E-state index contributed by atoms with van der Waals surface area (Å²) in [7, 11) is 0. The van der Waals surface area contributed by atoms with Crippen molar-refractivity contribution in [3.63, 3.8) is 0 Å². The van der Waals surface area contributed by atoms with E-state index in [-0.39, 0.29) is 25.2 Å². The second kappa shape index (κ2) is 9.68. The molecule has 7 heteroatoms. The van der Waals surface area contributed by atoms with E-state index in [4.69, 9.17) is 9.47 Å². The fourth-order valence-corrected chi connectivity index (χ4v) is 3.97. The molecule has 1 aliphatic rings. The molecule has 1 N–H and O–H groups in total. The maximum atomic E-state index is 12.4. The van der Waals surface area contributed by atoms with Gasteiger partial charge in [0.2, 0.25) is 0 Å². The molecular weight excluding hydrogens is 376 g/mol. The monoisotopic (exact) mass is 402 g/mol. The highest BCUT2D eigenvalue weighted by atomic mass is 32.1. The Hall–Kier alpha value is -2.41. The SMILES string of the molecule is Cc1nc(COc2ccccc2C(=O)OCC(=O)N[C@H]2CCCC[C@H]2C)cs1. The topological polar surface area (TPSA) is 77.5 Å². The van der Waals surface area contributed by atoms with Crippen LogP contribution in [0, 0.1) is 12.8 Å². The van der Waals surface area contributed by atoms with Gasteiger partial charge in [-0.2, -0.15) is 0 Å². The standard InChI is InChI=1S/C21H26N2O4S/c1-14-7-3-5-9-18(14)23-20(24)12-27-21(25)17-8-4-6-10-19(17)26-11-16-13-28-15(2)22-16/h4,6,8,10,13-14,18H,3,5,7,9,11-12H2,1-2H3,(H,23,24)/t14-,18+/m1/s1. The number of benzene rings is 1. The summed E-state index contributed by atoms with van der Waals surface area (Å²) in [6.07, 6.45) is 4.43. The highest BCUT2D eigenvalue weighted by Crippen LogP contribution is 2.24. The lowest BCUT2D eigenvalue weighted by molar-refractivity contribution is -0.125. The number of esters is 1. The van der Waals surface area contributed by atoms with Crippen LogP contribution >= 0.6 is 11.3 Å². The van der Waals surface area contributed by atoms with Crippen molar-refractivity contribution in [3.05, 3.63) is 45.9 Å². The van der Waals surface area contributed by atoms with Crippen LogP contribution in [0.2, 0.25) is 0 Å². The molecule has 0 bridgehead atoms. The Kier molecular flexibility index (Phi) is 7.03. The van der Waals surface area contributed by atoms with E-state index in [0.29, 0.717) is 17.2 Å². The average Bonchev–Trinajstić information content (AvgIpc) is 3.12. The van der Waals surface area contributed by atoms with E-state index in [1.54, 1.807) is 35.6 Å². The first-order chi connectivity index (χ1) is 13.5. The van der Waals surface area contributed by atoms with Gasteiger partial charge in [0.1, 0.15) is 17.9 Å². The molecule has 2 aromatic rings. The number of hydrogen-bond donors (Lipinski definition) is 1. The Morgan fingerprint density at radius 2 is 2.04 bits per heavy atom. The first kappa shape index (κ1) is 20.3. The van der Waals surface area contributed by atoms with Crippen molar-refractivity contribution in [1.82, 2.24) is 10.3 Å². The van der Waals surface area contributed by atoms with Crippen molar-refractivity contribution in [2.24, 2.45) is 5.92 Å². The number of para-hydroxylation sites is 1. The van der Waals surface area contributed by atoms with E-state index in [2.05, 4.69) is 17.2 Å². The number of nitrogens with one attached hydrogen (secondary N) is 1. The summed E-state index contributed by atoms with van der Waals surface area (Å²) in [5.41, 5.74) is 1.11. The summed E-state index contributed by atoms with van der Waals surface area (Å²) in [6.45, 7) is 4.06. The highest BCUT2D eigenvalue weighted by Gasteiger charge is 2.23. The van der Waals surface area contributed by atoms with Gasteiger partial charge in [0.15, 0.2) is 6.61 Å². The summed E-state index contributed by atoms with van der Waals surface area (Å²) < 4.78 is 11.0. The predicted molar refractivity (Wildman–Crippen MR) is 107 cm³/mol. The van der Waals surface area contributed by atoms with Gasteiger partial charge in [-0.15, -0.1) is 11.3 Å². The van der Waals surface area contributed by atoms with Crippen molar-refractivity contribution >= 4 is 23.2 Å². The molecular formula is C21H26N2O4S. The van der Waals surface area contributed by atoms with Gasteiger partial charge >= 0.3 is 5.97 Å². The van der Waals surface area contributed by atoms with Crippen LogP contribution in [0.25, 0.3) is 0 Å². The molecule has 1 aromatic carbocycles. The number of rotatable bonds is 7. The Bertz CT molecular complexity index is 820. The van der Waals surface area contributed by atoms with Crippen molar-refractivity contribution in [2.75, 3.05) is 6.61 Å². The Morgan fingerprint density at radius 1 is 1.25 bits per heavy atom. The minimum atomic E-state index is -0.572. The molecule has 0 unspecified atom stereocenters. The van der Waals surface area contributed by atoms with Crippen molar-refractivity contribution in [1.29, 1.82) is 0 Å². The van der Waals surface area contributed by atoms with Gasteiger partial charge in [0, 0.05) is 11.4 Å². The molecule has 1 aliphatic carbocycles. The van der Waals surface area contributed by atoms with Crippen molar-refractivity contribution in [3.8, 4) is 5.75 Å². The fraction of sp³-hybridized carbons (Fsp3) is 0.476. The lowest BCUT2D eigenvalue weighted by atomic mass is 9.86. The molecule has 1 fully saturated rings. The maximum absolute atomic E-state index is 12.4. The summed E-state index contributed by atoms with van der Waals surface area (Å²) >= 11 is 1.55. The zero-order valence-electron chi connectivity index (χ0n) is 16.3. The molecule has 0 aliphatic heterocycles. The Balaban J connectivity index is 1.53. The molecule has 1 aromatic heterocycles. The van der Waals surface area contributed by atoms with E-state index in [0.717, 1.165) is 30.0 Å². The predicted octanol–water partition coefficient (Wildman–Crippen LogP) is 3.88. The molecule has 2 atom stereocenters. The summed E-state index contributed by atoms with van der Waals surface area (Å²) in [5.74, 6) is 0.0386. The zero-order chi connectivity index (χ0) is 19.9. The third-order valence-corrected chi connectivity index (χ3v) is 5.76. The molecule has 0 radical (unpaired) electrons. The number of thiazole rings is 1. The van der Waals surface area contributed by atoms with E-state index < -0.39 is 5.97 Å². The van der Waals surface area contributed by atoms with Crippen LogP contribution in [0.3, 0.4) is 0 Å². The second-order valence-electron chi connectivity index (χ2n) is 7.15. The zero-order valence-corrected chi connectivity index (χ0v) is 17.1. The minimum absolute atomic E-state index is 0.164. The molecule has 1 saturated carbocycles. The number of amides is 1. The molecule has 6 nitrogen and oxygen atoms in total.